The summed E-state index contributed by atoms with van der Waals surface area (Å²) in [6, 6.07) is 16.5. The molecule has 0 N–H and O–H groups in total. The molecule has 0 amide bonds. The van der Waals surface area contributed by atoms with Crippen molar-refractivity contribution in [3.63, 3.8) is 0 Å². The first kappa shape index (κ1) is 18.7. The zero-order valence-corrected chi connectivity index (χ0v) is 16.9. The van der Waals surface area contributed by atoms with Crippen LogP contribution >= 0.6 is 0 Å². The van der Waals surface area contributed by atoms with Crippen molar-refractivity contribution in [3.05, 3.63) is 81.5 Å². The Bertz CT molecular complexity index is 1010. The predicted octanol–water partition coefficient (Wildman–Crippen LogP) is 3.57. The van der Waals surface area contributed by atoms with Crippen LogP contribution in [0.4, 0.5) is 0 Å². The number of rotatable bonds is 4. The Labute approximate surface area is 166 Å². The van der Waals surface area contributed by atoms with Crippen LogP contribution in [0.1, 0.15) is 41.3 Å². The summed E-state index contributed by atoms with van der Waals surface area (Å²) in [5.41, 5.74) is 4.91. The van der Waals surface area contributed by atoms with Crippen molar-refractivity contribution in [1.29, 1.82) is 0 Å². The quantitative estimate of drug-likeness (QED) is 0.699. The van der Waals surface area contributed by atoms with Gasteiger partial charge in [-0.05, 0) is 63.0 Å². The van der Waals surface area contributed by atoms with E-state index in [9.17, 15) is 4.79 Å². The molecule has 2 heterocycles. The summed E-state index contributed by atoms with van der Waals surface area (Å²) < 4.78 is 3.25. The fraction of sp³-hybridized carbons (Fsp3) is 0.391. The molecule has 1 aliphatic rings. The van der Waals surface area contributed by atoms with Gasteiger partial charge in [0.25, 0.3) is 0 Å². The average molecular weight is 377 g/mol. The highest BCUT2D eigenvalue weighted by atomic mass is 16.2. The fourth-order valence-electron chi connectivity index (χ4n) is 4.13. The van der Waals surface area contributed by atoms with Crippen molar-refractivity contribution in [2.45, 2.75) is 39.2 Å². The van der Waals surface area contributed by atoms with E-state index in [1.54, 1.807) is 11.6 Å². The lowest BCUT2D eigenvalue weighted by Crippen LogP contribution is -2.34. The normalized spacial score (nSPS) is 15.8. The van der Waals surface area contributed by atoms with Crippen LogP contribution in [-0.2, 0) is 13.6 Å². The molecule has 0 unspecified atom stereocenters. The molecule has 2 aromatic carbocycles. The number of aromatic nitrogens is 3. The van der Waals surface area contributed by atoms with E-state index in [0.717, 1.165) is 44.0 Å². The molecule has 0 spiro atoms. The zero-order chi connectivity index (χ0) is 19.7. The van der Waals surface area contributed by atoms with Gasteiger partial charge in [0, 0.05) is 19.5 Å². The molecule has 0 atom stereocenters. The van der Waals surface area contributed by atoms with E-state index in [4.69, 9.17) is 0 Å². The van der Waals surface area contributed by atoms with Crippen LogP contribution in [0.2, 0.25) is 0 Å². The number of para-hydroxylation sites is 1. The molecule has 0 radical (unpaired) electrons. The van der Waals surface area contributed by atoms with Crippen molar-refractivity contribution >= 4 is 0 Å². The molecule has 1 fully saturated rings. The summed E-state index contributed by atoms with van der Waals surface area (Å²) in [6.07, 6.45) is 2.04. The van der Waals surface area contributed by atoms with Gasteiger partial charge in [-0.1, -0.05) is 42.0 Å². The largest absolute Gasteiger partial charge is 0.350 e. The minimum absolute atomic E-state index is 0.0704. The average Bonchev–Trinajstić information content (AvgIpc) is 3.01. The molecule has 5 heteroatoms. The van der Waals surface area contributed by atoms with Gasteiger partial charge in [-0.3, -0.25) is 4.90 Å². The monoisotopic (exact) mass is 376 g/mol. The van der Waals surface area contributed by atoms with Crippen molar-refractivity contribution in [1.82, 2.24) is 19.2 Å². The molecule has 4 rings (SSSR count). The van der Waals surface area contributed by atoms with Crippen molar-refractivity contribution in [2.75, 3.05) is 13.1 Å². The second kappa shape index (κ2) is 7.76. The molecule has 3 aromatic rings. The molecular weight excluding hydrogens is 348 g/mol. The van der Waals surface area contributed by atoms with E-state index in [1.807, 2.05) is 30.3 Å². The highest BCUT2D eigenvalue weighted by Gasteiger charge is 2.27. The molecule has 0 bridgehead atoms. The smallest absolute Gasteiger partial charge is 0.299 e. The molecule has 1 saturated heterocycles. The third-order valence-electron chi connectivity index (χ3n) is 5.82. The third-order valence-corrected chi connectivity index (χ3v) is 5.82. The fourth-order valence-corrected chi connectivity index (χ4v) is 4.13. The second-order valence-corrected chi connectivity index (χ2v) is 7.92. The van der Waals surface area contributed by atoms with E-state index in [2.05, 4.69) is 42.0 Å². The van der Waals surface area contributed by atoms with Crippen molar-refractivity contribution in [3.8, 4) is 5.69 Å². The number of aryl methyl sites for hydroxylation is 3. The lowest BCUT2D eigenvalue weighted by molar-refractivity contribution is 0.200. The molecular formula is C23H28N4O. The minimum Gasteiger partial charge on any atom is -0.299 e. The zero-order valence-electron chi connectivity index (χ0n) is 16.9. The Hall–Kier alpha value is -2.66. The van der Waals surface area contributed by atoms with Crippen LogP contribution in [0.15, 0.2) is 53.3 Å². The van der Waals surface area contributed by atoms with Crippen LogP contribution in [0.25, 0.3) is 5.69 Å². The molecule has 0 aliphatic carbocycles. The summed E-state index contributed by atoms with van der Waals surface area (Å²) in [6.45, 7) is 7.39. The summed E-state index contributed by atoms with van der Waals surface area (Å²) in [5.74, 6) is 1.20. The van der Waals surface area contributed by atoms with Crippen molar-refractivity contribution < 1.29 is 0 Å². The summed E-state index contributed by atoms with van der Waals surface area (Å²) in [4.78, 5) is 15.2. The van der Waals surface area contributed by atoms with Gasteiger partial charge in [-0.2, -0.15) is 5.10 Å². The number of piperidine rings is 1. The number of benzene rings is 2. The van der Waals surface area contributed by atoms with Crippen LogP contribution in [0.3, 0.4) is 0 Å². The summed E-state index contributed by atoms with van der Waals surface area (Å²) in [7, 11) is 1.74. The van der Waals surface area contributed by atoms with Crippen LogP contribution in [0, 0.1) is 13.8 Å². The number of likely N-dealkylation sites (tertiary alicyclic amines) is 1. The Morgan fingerprint density at radius 2 is 1.75 bits per heavy atom. The lowest BCUT2D eigenvalue weighted by Gasteiger charge is -2.32. The first-order chi connectivity index (χ1) is 13.5. The van der Waals surface area contributed by atoms with Gasteiger partial charge in [0.05, 0.1) is 5.69 Å². The van der Waals surface area contributed by atoms with E-state index >= 15 is 0 Å². The predicted molar refractivity (Wildman–Crippen MR) is 112 cm³/mol. The maximum Gasteiger partial charge on any atom is 0.350 e. The van der Waals surface area contributed by atoms with Gasteiger partial charge >= 0.3 is 5.69 Å². The van der Waals surface area contributed by atoms with E-state index in [1.165, 1.54) is 21.4 Å². The van der Waals surface area contributed by atoms with E-state index in [0.29, 0.717) is 5.92 Å². The Morgan fingerprint density at radius 1 is 1.04 bits per heavy atom. The molecule has 146 valence electrons. The van der Waals surface area contributed by atoms with Gasteiger partial charge in [-0.25, -0.2) is 14.0 Å². The Morgan fingerprint density at radius 3 is 2.46 bits per heavy atom. The first-order valence-electron chi connectivity index (χ1n) is 10.0. The highest BCUT2D eigenvalue weighted by molar-refractivity contribution is 5.33. The Kier molecular flexibility index (Phi) is 5.18. The van der Waals surface area contributed by atoms with Crippen LogP contribution < -0.4 is 5.69 Å². The molecule has 1 aliphatic heterocycles. The first-order valence-corrected chi connectivity index (χ1v) is 10.0. The third kappa shape index (κ3) is 3.67. The lowest BCUT2D eigenvalue weighted by atomic mass is 9.95. The highest BCUT2D eigenvalue weighted by Crippen LogP contribution is 2.28. The molecule has 28 heavy (non-hydrogen) atoms. The maximum atomic E-state index is 12.7. The van der Waals surface area contributed by atoms with Crippen LogP contribution in [-0.4, -0.2) is 32.3 Å². The minimum atomic E-state index is -0.0704. The molecule has 1 aromatic heterocycles. The van der Waals surface area contributed by atoms with Gasteiger partial charge in [0.2, 0.25) is 0 Å². The van der Waals surface area contributed by atoms with Gasteiger partial charge in [-0.15, -0.1) is 0 Å². The second-order valence-electron chi connectivity index (χ2n) is 7.92. The van der Waals surface area contributed by atoms with Gasteiger partial charge in [0.1, 0.15) is 5.82 Å². The number of hydrogen-bond acceptors (Lipinski definition) is 3. The number of hydrogen-bond donors (Lipinski definition) is 0. The molecule has 5 nitrogen and oxygen atoms in total. The topological polar surface area (TPSA) is 43.1 Å². The molecule has 0 saturated carbocycles. The number of nitrogens with zero attached hydrogens (tertiary/aromatic N) is 4. The van der Waals surface area contributed by atoms with Crippen LogP contribution in [0.5, 0.6) is 0 Å². The SMILES string of the molecule is Cc1ccc(C)c(CN2CCC(c3nn(C)c(=O)n3-c3ccccc3)CC2)c1. The van der Waals surface area contributed by atoms with E-state index in [-0.39, 0.29) is 5.69 Å². The van der Waals surface area contributed by atoms with Crippen molar-refractivity contribution in [2.24, 2.45) is 7.05 Å². The van der Waals surface area contributed by atoms with E-state index < -0.39 is 0 Å². The van der Waals surface area contributed by atoms with Gasteiger partial charge < -0.3 is 0 Å². The van der Waals surface area contributed by atoms with Gasteiger partial charge in [0.15, 0.2) is 0 Å². The summed E-state index contributed by atoms with van der Waals surface area (Å²) in [5, 5.41) is 4.59. The maximum absolute atomic E-state index is 12.7. The summed E-state index contributed by atoms with van der Waals surface area (Å²) >= 11 is 0. The Balaban J connectivity index is 1.51. The standard InChI is InChI=1S/C23H28N4O/c1-17-9-10-18(2)20(15-17)16-26-13-11-19(12-14-26)22-24-25(3)23(28)27(22)21-7-5-4-6-8-21/h4-10,15,19H,11-14,16H2,1-3H3.